The SMILES string of the molecule is CCc1nn(C)c(CC)c1S(=O)(=O)N(C)CC(O)C1CC1. The molecule has 1 unspecified atom stereocenters. The van der Waals surface area contributed by atoms with E-state index < -0.39 is 16.1 Å². The predicted octanol–water partition coefficient (Wildman–Crippen LogP) is 0.936. The number of rotatable bonds is 7. The lowest BCUT2D eigenvalue weighted by atomic mass is 10.2. The Morgan fingerprint density at radius 1 is 1.38 bits per heavy atom. The van der Waals surface area contributed by atoms with Crippen LogP contribution in [0.25, 0.3) is 0 Å². The van der Waals surface area contributed by atoms with E-state index in [-0.39, 0.29) is 12.5 Å². The molecule has 1 heterocycles. The monoisotopic (exact) mass is 315 g/mol. The Balaban J connectivity index is 2.33. The highest BCUT2D eigenvalue weighted by atomic mass is 32.2. The van der Waals surface area contributed by atoms with E-state index in [0.29, 0.717) is 23.4 Å². The third-order valence-corrected chi connectivity index (χ3v) is 6.09. The van der Waals surface area contributed by atoms with E-state index in [0.717, 1.165) is 18.5 Å². The molecule has 1 aromatic rings. The number of nitrogens with zero attached hydrogens (tertiary/aromatic N) is 3. The van der Waals surface area contributed by atoms with Crippen molar-refractivity contribution in [2.75, 3.05) is 13.6 Å². The van der Waals surface area contributed by atoms with Crippen molar-refractivity contribution in [1.29, 1.82) is 0 Å². The fourth-order valence-electron chi connectivity index (χ4n) is 2.67. The summed E-state index contributed by atoms with van der Waals surface area (Å²) >= 11 is 0. The van der Waals surface area contributed by atoms with Crippen LogP contribution in [0.1, 0.15) is 38.1 Å². The Morgan fingerprint density at radius 3 is 2.48 bits per heavy atom. The summed E-state index contributed by atoms with van der Waals surface area (Å²) in [6.07, 6.45) is 2.58. The van der Waals surface area contributed by atoms with Crippen molar-refractivity contribution in [2.45, 2.75) is 50.5 Å². The Morgan fingerprint density at radius 2 is 2.00 bits per heavy atom. The van der Waals surface area contributed by atoms with Crippen molar-refractivity contribution in [2.24, 2.45) is 13.0 Å². The Kier molecular flexibility index (Phi) is 4.75. The second-order valence-corrected chi connectivity index (χ2v) is 7.73. The molecule has 0 amide bonds. The number of likely N-dealkylation sites (N-methyl/N-ethyl adjacent to an activating group) is 1. The molecule has 0 aromatic carbocycles. The van der Waals surface area contributed by atoms with Gasteiger partial charge < -0.3 is 5.11 Å². The van der Waals surface area contributed by atoms with Gasteiger partial charge in [-0.3, -0.25) is 4.68 Å². The van der Waals surface area contributed by atoms with E-state index in [9.17, 15) is 13.5 Å². The van der Waals surface area contributed by atoms with Gasteiger partial charge in [-0.1, -0.05) is 13.8 Å². The zero-order chi connectivity index (χ0) is 15.8. The molecule has 1 fully saturated rings. The molecule has 1 aliphatic rings. The van der Waals surface area contributed by atoms with Crippen molar-refractivity contribution in [3.8, 4) is 0 Å². The molecule has 0 bridgehead atoms. The molecule has 0 spiro atoms. The topological polar surface area (TPSA) is 75.4 Å². The third kappa shape index (κ3) is 3.14. The summed E-state index contributed by atoms with van der Waals surface area (Å²) in [6, 6.07) is 0. The van der Waals surface area contributed by atoms with Gasteiger partial charge in [0.15, 0.2) is 0 Å². The molecular formula is C14H25N3O3S. The Bertz CT molecular complexity index is 605. The van der Waals surface area contributed by atoms with Gasteiger partial charge in [-0.15, -0.1) is 0 Å². The molecule has 1 saturated carbocycles. The van der Waals surface area contributed by atoms with Crippen LogP contribution in [0.15, 0.2) is 4.90 Å². The van der Waals surface area contributed by atoms with Crippen molar-refractivity contribution < 1.29 is 13.5 Å². The molecule has 1 aromatic heterocycles. The highest BCUT2D eigenvalue weighted by molar-refractivity contribution is 7.89. The van der Waals surface area contributed by atoms with Crippen molar-refractivity contribution in [3.63, 3.8) is 0 Å². The highest BCUT2D eigenvalue weighted by Crippen LogP contribution is 2.33. The number of aliphatic hydroxyl groups is 1. The molecule has 1 atom stereocenters. The predicted molar refractivity (Wildman–Crippen MR) is 80.5 cm³/mol. The first-order valence-electron chi connectivity index (χ1n) is 7.52. The first-order chi connectivity index (χ1) is 9.82. The minimum absolute atomic E-state index is 0.147. The average Bonchev–Trinajstić information content (AvgIpc) is 3.21. The maximum atomic E-state index is 12.8. The summed E-state index contributed by atoms with van der Waals surface area (Å²) < 4.78 is 28.6. The molecule has 0 aliphatic heterocycles. The number of aryl methyl sites for hydroxylation is 2. The summed E-state index contributed by atoms with van der Waals surface area (Å²) in [5.74, 6) is 0.257. The fraction of sp³-hybridized carbons (Fsp3) is 0.786. The van der Waals surface area contributed by atoms with E-state index in [1.165, 1.54) is 11.4 Å². The zero-order valence-corrected chi connectivity index (χ0v) is 14.0. The van der Waals surface area contributed by atoms with Crippen LogP contribution in [0.3, 0.4) is 0 Å². The van der Waals surface area contributed by atoms with Gasteiger partial charge in [0.05, 0.1) is 17.5 Å². The third-order valence-electron chi connectivity index (χ3n) is 4.13. The quantitative estimate of drug-likeness (QED) is 0.812. The lowest BCUT2D eigenvalue weighted by molar-refractivity contribution is 0.131. The lowest BCUT2D eigenvalue weighted by Crippen LogP contribution is -2.36. The van der Waals surface area contributed by atoms with Gasteiger partial charge in [-0.25, -0.2) is 8.42 Å². The highest BCUT2D eigenvalue weighted by Gasteiger charge is 2.35. The van der Waals surface area contributed by atoms with Crippen molar-refractivity contribution >= 4 is 10.0 Å². The molecule has 0 saturated heterocycles. The number of hydrogen-bond donors (Lipinski definition) is 1. The molecule has 1 N–H and O–H groups in total. The smallest absolute Gasteiger partial charge is 0.246 e. The number of aliphatic hydroxyl groups excluding tert-OH is 1. The molecule has 7 heteroatoms. The van der Waals surface area contributed by atoms with Gasteiger partial charge in [0.2, 0.25) is 10.0 Å². The lowest BCUT2D eigenvalue weighted by Gasteiger charge is -2.21. The molecule has 2 rings (SSSR count). The van der Waals surface area contributed by atoms with Crippen LogP contribution in [-0.2, 0) is 29.9 Å². The van der Waals surface area contributed by atoms with E-state index in [2.05, 4.69) is 5.10 Å². The van der Waals surface area contributed by atoms with Gasteiger partial charge in [0, 0.05) is 20.6 Å². The van der Waals surface area contributed by atoms with Gasteiger partial charge in [0.1, 0.15) is 4.90 Å². The van der Waals surface area contributed by atoms with Gasteiger partial charge >= 0.3 is 0 Å². The van der Waals surface area contributed by atoms with Crippen LogP contribution in [0.4, 0.5) is 0 Å². The first-order valence-corrected chi connectivity index (χ1v) is 8.96. The Hall–Kier alpha value is -0.920. The maximum absolute atomic E-state index is 12.8. The molecule has 120 valence electrons. The van der Waals surface area contributed by atoms with E-state index in [1.807, 2.05) is 13.8 Å². The Labute approximate surface area is 126 Å². The van der Waals surface area contributed by atoms with Gasteiger partial charge in [-0.2, -0.15) is 9.40 Å². The van der Waals surface area contributed by atoms with Crippen LogP contribution in [-0.4, -0.2) is 47.3 Å². The number of sulfonamides is 1. The first kappa shape index (κ1) is 16.5. The summed E-state index contributed by atoms with van der Waals surface area (Å²) in [6.45, 7) is 3.97. The van der Waals surface area contributed by atoms with Crippen LogP contribution >= 0.6 is 0 Å². The van der Waals surface area contributed by atoms with Crippen LogP contribution < -0.4 is 0 Å². The minimum Gasteiger partial charge on any atom is -0.391 e. The largest absolute Gasteiger partial charge is 0.391 e. The normalized spacial score (nSPS) is 17.4. The second kappa shape index (κ2) is 6.06. The number of aromatic nitrogens is 2. The molecule has 1 aliphatic carbocycles. The summed E-state index contributed by atoms with van der Waals surface area (Å²) in [4.78, 5) is 0.320. The van der Waals surface area contributed by atoms with Crippen LogP contribution in [0.5, 0.6) is 0 Å². The van der Waals surface area contributed by atoms with Crippen molar-refractivity contribution in [1.82, 2.24) is 14.1 Å². The molecular weight excluding hydrogens is 290 g/mol. The summed E-state index contributed by atoms with van der Waals surface area (Å²) in [5.41, 5.74) is 1.32. The minimum atomic E-state index is -3.61. The zero-order valence-electron chi connectivity index (χ0n) is 13.2. The van der Waals surface area contributed by atoms with Crippen LogP contribution in [0.2, 0.25) is 0 Å². The fourth-order valence-corrected chi connectivity index (χ4v) is 4.38. The van der Waals surface area contributed by atoms with Crippen LogP contribution in [0, 0.1) is 5.92 Å². The number of hydrogen-bond acceptors (Lipinski definition) is 4. The average molecular weight is 315 g/mol. The van der Waals surface area contributed by atoms with E-state index >= 15 is 0 Å². The molecule has 21 heavy (non-hydrogen) atoms. The summed E-state index contributed by atoms with van der Waals surface area (Å²) in [7, 11) is -0.306. The van der Waals surface area contributed by atoms with E-state index in [1.54, 1.807) is 11.7 Å². The standard InChI is InChI=1S/C14H25N3O3S/c1-5-11-14(12(6-2)17(4)15-11)21(19,20)16(3)9-13(18)10-7-8-10/h10,13,18H,5-9H2,1-4H3. The molecule has 6 nitrogen and oxygen atoms in total. The maximum Gasteiger partial charge on any atom is 0.246 e. The van der Waals surface area contributed by atoms with Crippen molar-refractivity contribution in [3.05, 3.63) is 11.4 Å². The molecule has 0 radical (unpaired) electrons. The van der Waals surface area contributed by atoms with Gasteiger partial charge in [-0.05, 0) is 31.6 Å². The summed E-state index contributed by atoms with van der Waals surface area (Å²) in [5, 5.41) is 14.3. The second-order valence-electron chi connectivity index (χ2n) is 5.74. The van der Waals surface area contributed by atoms with E-state index in [4.69, 9.17) is 0 Å². The van der Waals surface area contributed by atoms with Gasteiger partial charge in [0.25, 0.3) is 0 Å².